The maximum atomic E-state index is 11.3. The van der Waals surface area contributed by atoms with E-state index < -0.39 is 0 Å². The van der Waals surface area contributed by atoms with E-state index in [1.54, 1.807) is 24.9 Å². The number of piperidine rings is 1. The predicted molar refractivity (Wildman–Crippen MR) is 77.3 cm³/mol. The van der Waals surface area contributed by atoms with Crippen molar-refractivity contribution in [2.45, 2.75) is 25.8 Å². The molecule has 0 aromatic carbocycles. The molecule has 0 atom stereocenters. The molecule has 3 rings (SSSR count). The van der Waals surface area contributed by atoms with Gasteiger partial charge in [-0.3, -0.25) is 10.1 Å². The largest absolute Gasteiger partial charge is 0.351 e. The van der Waals surface area contributed by atoms with E-state index in [4.69, 9.17) is 0 Å². The predicted octanol–water partition coefficient (Wildman–Crippen LogP) is 1.67. The van der Waals surface area contributed by atoms with Gasteiger partial charge in [-0.2, -0.15) is 5.10 Å². The Morgan fingerprint density at radius 2 is 2.10 bits per heavy atom. The van der Waals surface area contributed by atoms with Crippen LogP contribution in [0.1, 0.15) is 24.6 Å². The van der Waals surface area contributed by atoms with Crippen molar-refractivity contribution in [1.82, 2.24) is 19.3 Å². The molecule has 0 spiro atoms. The van der Waals surface area contributed by atoms with Crippen LogP contribution < -0.4 is 4.90 Å². The van der Waals surface area contributed by atoms with Gasteiger partial charge in [0.05, 0.1) is 11.3 Å². The number of nitro groups is 1. The van der Waals surface area contributed by atoms with Crippen LogP contribution in [0.2, 0.25) is 0 Å². The number of hydrogen-bond donors (Lipinski definition) is 0. The summed E-state index contributed by atoms with van der Waals surface area (Å²) in [7, 11) is 1.76. The summed E-state index contributed by atoms with van der Waals surface area (Å²) < 4.78 is 3.73. The molecular formula is C13H18N6O2. The lowest BCUT2D eigenvalue weighted by atomic mass is 10.0. The monoisotopic (exact) mass is 290 g/mol. The van der Waals surface area contributed by atoms with Gasteiger partial charge in [0.15, 0.2) is 0 Å². The van der Waals surface area contributed by atoms with Crippen LogP contribution in [0.5, 0.6) is 0 Å². The zero-order valence-corrected chi connectivity index (χ0v) is 12.1. The minimum Gasteiger partial charge on any atom is -0.351 e. The molecule has 21 heavy (non-hydrogen) atoms. The van der Waals surface area contributed by atoms with Gasteiger partial charge in [0, 0.05) is 38.6 Å². The van der Waals surface area contributed by atoms with Crippen molar-refractivity contribution in [3.8, 4) is 0 Å². The number of hydrogen-bond acceptors (Lipinski definition) is 5. The second-order valence-corrected chi connectivity index (χ2v) is 5.37. The molecule has 0 bridgehead atoms. The molecule has 8 nitrogen and oxygen atoms in total. The van der Waals surface area contributed by atoms with Gasteiger partial charge in [0.1, 0.15) is 5.69 Å². The highest BCUT2D eigenvalue weighted by atomic mass is 16.6. The third-order valence-electron chi connectivity index (χ3n) is 4.05. The first-order valence-electron chi connectivity index (χ1n) is 6.98. The van der Waals surface area contributed by atoms with Crippen LogP contribution >= 0.6 is 0 Å². The third-order valence-corrected chi connectivity index (χ3v) is 4.05. The Labute approximate surface area is 122 Å². The van der Waals surface area contributed by atoms with Crippen molar-refractivity contribution < 1.29 is 4.92 Å². The van der Waals surface area contributed by atoms with Gasteiger partial charge >= 0.3 is 5.69 Å². The number of imidazole rings is 1. The second kappa shape index (κ2) is 5.19. The summed E-state index contributed by atoms with van der Waals surface area (Å²) in [5, 5.41) is 15.5. The molecule has 1 aliphatic heterocycles. The van der Waals surface area contributed by atoms with Crippen LogP contribution in [0.15, 0.2) is 18.7 Å². The summed E-state index contributed by atoms with van der Waals surface area (Å²) >= 11 is 0. The van der Waals surface area contributed by atoms with Crippen LogP contribution in [0, 0.1) is 17.0 Å². The smallest absolute Gasteiger partial charge is 0.333 e. The van der Waals surface area contributed by atoms with E-state index in [0.29, 0.717) is 17.6 Å². The molecule has 2 aromatic heterocycles. The van der Waals surface area contributed by atoms with Crippen LogP contribution in [-0.4, -0.2) is 37.3 Å². The molecule has 0 aliphatic carbocycles. The van der Waals surface area contributed by atoms with Crippen molar-refractivity contribution in [2.24, 2.45) is 7.05 Å². The molecule has 1 aliphatic rings. The zero-order valence-electron chi connectivity index (χ0n) is 12.1. The standard InChI is InChI=1S/C13H18N6O2/c1-10-12(19(20)21)13(16(2)15-10)17-6-3-11(4-7-17)18-8-5-14-9-18/h5,8-9,11H,3-4,6-7H2,1-2H3. The molecule has 0 unspecified atom stereocenters. The molecular weight excluding hydrogens is 272 g/mol. The Balaban J connectivity index is 1.80. The lowest BCUT2D eigenvalue weighted by Gasteiger charge is -2.33. The lowest BCUT2D eigenvalue weighted by Crippen LogP contribution is -2.35. The molecule has 3 heterocycles. The first kappa shape index (κ1) is 13.6. The Kier molecular flexibility index (Phi) is 3.36. The van der Waals surface area contributed by atoms with Gasteiger partial charge in [0.2, 0.25) is 5.82 Å². The Morgan fingerprint density at radius 3 is 2.67 bits per heavy atom. The van der Waals surface area contributed by atoms with E-state index in [0.717, 1.165) is 25.9 Å². The molecule has 1 saturated heterocycles. The topological polar surface area (TPSA) is 82.0 Å². The molecule has 0 N–H and O–H groups in total. The van der Waals surface area contributed by atoms with Gasteiger partial charge in [-0.1, -0.05) is 0 Å². The summed E-state index contributed by atoms with van der Waals surface area (Å²) in [6.45, 7) is 3.24. The second-order valence-electron chi connectivity index (χ2n) is 5.37. The fraction of sp³-hybridized carbons (Fsp3) is 0.538. The number of anilines is 1. The fourth-order valence-corrected chi connectivity index (χ4v) is 3.06. The van der Waals surface area contributed by atoms with E-state index in [1.165, 1.54) is 0 Å². The van der Waals surface area contributed by atoms with Crippen LogP contribution in [0.25, 0.3) is 0 Å². The summed E-state index contributed by atoms with van der Waals surface area (Å²) in [6, 6.07) is 0.414. The first-order chi connectivity index (χ1) is 10.1. The van der Waals surface area contributed by atoms with Crippen molar-refractivity contribution >= 4 is 11.5 Å². The molecule has 112 valence electrons. The quantitative estimate of drug-likeness (QED) is 0.634. The highest BCUT2D eigenvalue weighted by Crippen LogP contribution is 2.34. The minimum absolute atomic E-state index is 0.124. The number of aryl methyl sites for hydroxylation is 2. The molecule has 0 amide bonds. The first-order valence-corrected chi connectivity index (χ1v) is 6.98. The third kappa shape index (κ3) is 2.37. The van der Waals surface area contributed by atoms with Crippen LogP contribution in [0.4, 0.5) is 11.5 Å². The SMILES string of the molecule is Cc1nn(C)c(N2CCC(n3ccnc3)CC2)c1[N+](=O)[O-]. The van der Waals surface area contributed by atoms with Crippen molar-refractivity contribution in [3.05, 3.63) is 34.5 Å². The van der Waals surface area contributed by atoms with Crippen LogP contribution in [0.3, 0.4) is 0 Å². The van der Waals surface area contributed by atoms with E-state index >= 15 is 0 Å². The molecule has 0 radical (unpaired) electrons. The van der Waals surface area contributed by atoms with Gasteiger partial charge in [-0.15, -0.1) is 0 Å². The van der Waals surface area contributed by atoms with E-state index in [2.05, 4.69) is 19.5 Å². The summed E-state index contributed by atoms with van der Waals surface area (Å²) in [6.07, 6.45) is 7.46. The average Bonchev–Trinajstić information content (AvgIpc) is 3.06. The van der Waals surface area contributed by atoms with E-state index in [1.807, 2.05) is 12.5 Å². The zero-order chi connectivity index (χ0) is 15.0. The van der Waals surface area contributed by atoms with Gasteiger partial charge in [-0.25, -0.2) is 9.67 Å². The Bertz CT molecular complexity index is 640. The van der Waals surface area contributed by atoms with E-state index in [9.17, 15) is 10.1 Å². The number of nitrogens with zero attached hydrogens (tertiary/aromatic N) is 6. The van der Waals surface area contributed by atoms with Gasteiger partial charge in [0.25, 0.3) is 0 Å². The Morgan fingerprint density at radius 1 is 1.38 bits per heavy atom. The highest BCUT2D eigenvalue weighted by molar-refractivity contribution is 5.61. The summed E-state index contributed by atoms with van der Waals surface area (Å²) in [4.78, 5) is 17.1. The minimum atomic E-state index is -0.334. The lowest BCUT2D eigenvalue weighted by molar-refractivity contribution is -0.384. The maximum absolute atomic E-state index is 11.3. The summed E-state index contributed by atoms with van der Waals surface area (Å²) in [5.41, 5.74) is 0.591. The van der Waals surface area contributed by atoms with Gasteiger partial charge < -0.3 is 9.47 Å². The van der Waals surface area contributed by atoms with Crippen molar-refractivity contribution in [1.29, 1.82) is 0 Å². The molecule has 0 saturated carbocycles. The van der Waals surface area contributed by atoms with E-state index in [-0.39, 0.29) is 10.6 Å². The molecule has 8 heteroatoms. The summed E-state index contributed by atoms with van der Waals surface area (Å²) in [5.74, 6) is 0.613. The normalized spacial score (nSPS) is 16.4. The van der Waals surface area contributed by atoms with Crippen molar-refractivity contribution in [3.63, 3.8) is 0 Å². The Hall–Kier alpha value is -2.38. The molecule has 2 aromatic rings. The van der Waals surface area contributed by atoms with Crippen molar-refractivity contribution in [2.75, 3.05) is 18.0 Å². The van der Waals surface area contributed by atoms with Gasteiger partial charge in [-0.05, 0) is 19.8 Å². The number of aromatic nitrogens is 4. The highest BCUT2D eigenvalue weighted by Gasteiger charge is 2.31. The molecule has 1 fully saturated rings. The number of rotatable bonds is 3. The maximum Gasteiger partial charge on any atom is 0.333 e. The average molecular weight is 290 g/mol. The van der Waals surface area contributed by atoms with Crippen LogP contribution in [-0.2, 0) is 7.05 Å². The fourth-order valence-electron chi connectivity index (χ4n) is 3.06.